The molecule has 7 nitrogen and oxygen atoms in total. The monoisotopic (exact) mass is 382 g/mol. The first-order valence-corrected chi connectivity index (χ1v) is 10.3. The summed E-state index contributed by atoms with van der Waals surface area (Å²) in [7, 11) is -3.74. The van der Waals surface area contributed by atoms with E-state index < -0.39 is 15.6 Å². The summed E-state index contributed by atoms with van der Waals surface area (Å²) in [6, 6.07) is 6.44. The van der Waals surface area contributed by atoms with Gasteiger partial charge < -0.3 is 14.4 Å². The number of hydrogen-bond donors (Lipinski definition) is 0. The van der Waals surface area contributed by atoms with Crippen molar-refractivity contribution in [3.8, 4) is 0 Å². The highest BCUT2D eigenvalue weighted by molar-refractivity contribution is 7.89. The molecule has 2 aliphatic rings. The van der Waals surface area contributed by atoms with Crippen LogP contribution in [0.15, 0.2) is 29.2 Å². The van der Waals surface area contributed by atoms with Crippen molar-refractivity contribution in [2.75, 3.05) is 39.4 Å². The summed E-state index contributed by atoms with van der Waals surface area (Å²) in [5.74, 6) is -0.277. The molecule has 1 aromatic carbocycles. The van der Waals surface area contributed by atoms with Gasteiger partial charge in [-0.05, 0) is 32.9 Å². The van der Waals surface area contributed by atoms with Gasteiger partial charge in [-0.15, -0.1) is 0 Å². The van der Waals surface area contributed by atoms with Gasteiger partial charge in [-0.25, -0.2) is 8.42 Å². The number of carbonyl (C=O) groups excluding carboxylic acids is 1. The molecule has 1 atom stereocenters. The van der Waals surface area contributed by atoms with E-state index in [1.165, 1.54) is 10.4 Å². The first kappa shape index (κ1) is 19.3. The van der Waals surface area contributed by atoms with Gasteiger partial charge in [-0.2, -0.15) is 4.31 Å². The van der Waals surface area contributed by atoms with Crippen LogP contribution in [0.3, 0.4) is 0 Å². The van der Waals surface area contributed by atoms with E-state index in [0.717, 1.165) is 0 Å². The number of hydrogen-bond acceptors (Lipinski definition) is 5. The Morgan fingerprint density at radius 2 is 1.85 bits per heavy atom. The molecule has 0 spiro atoms. The van der Waals surface area contributed by atoms with Gasteiger partial charge in [-0.1, -0.05) is 12.1 Å². The number of ether oxygens (including phenoxy) is 2. The lowest BCUT2D eigenvalue weighted by Gasteiger charge is -2.42. The summed E-state index contributed by atoms with van der Waals surface area (Å²) < 4.78 is 38.6. The van der Waals surface area contributed by atoms with Crippen molar-refractivity contribution in [3.63, 3.8) is 0 Å². The van der Waals surface area contributed by atoms with E-state index in [-0.39, 0.29) is 22.5 Å². The summed E-state index contributed by atoms with van der Waals surface area (Å²) in [4.78, 5) is 14.9. The largest absolute Gasteiger partial charge is 0.379 e. The molecule has 1 amide bonds. The predicted molar refractivity (Wildman–Crippen MR) is 96.5 cm³/mol. The smallest absolute Gasteiger partial charge is 0.255 e. The van der Waals surface area contributed by atoms with Crippen LogP contribution in [0.4, 0.5) is 0 Å². The minimum atomic E-state index is -3.74. The van der Waals surface area contributed by atoms with E-state index in [9.17, 15) is 13.2 Å². The molecule has 0 radical (unpaired) electrons. The molecule has 0 bridgehead atoms. The topological polar surface area (TPSA) is 76.2 Å². The van der Waals surface area contributed by atoms with E-state index in [1.807, 2.05) is 20.8 Å². The van der Waals surface area contributed by atoms with Crippen LogP contribution in [0.2, 0.25) is 0 Å². The summed E-state index contributed by atoms with van der Waals surface area (Å²) in [6.07, 6.45) is -0.106. The first-order chi connectivity index (χ1) is 12.2. The first-order valence-electron chi connectivity index (χ1n) is 8.85. The van der Waals surface area contributed by atoms with Gasteiger partial charge in [0, 0.05) is 26.2 Å². The average molecular weight is 382 g/mol. The number of benzene rings is 1. The molecule has 144 valence electrons. The fourth-order valence-corrected chi connectivity index (χ4v) is 5.16. The van der Waals surface area contributed by atoms with Gasteiger partial charge in [0.25, 0.3) is 5.91 Å². The summed E-state index contributed by atoms with van der Waals surface area (Å²) >= 11 is 0. The maximum Gasteiger partial charge on any atom is 0.255 e. The third-order valence-corrected chi connectivity index (χ3v) is 6.52. The standard InChI is InChI=1S/C18H26N2O5S/c1-14-12-19(13-18(2,3)25-14)17(21)15-6-4-5-7-16(15)26(22,23)20-8-10-24-11-9-20/h4-7,14H,8-13H2,1-3H3. The van der Waals surface area contributed by atoms with Gasteiger partial charge >= 0.3 is 0 Å². The molecule has 0 N–H and O–H groups in total. The number of rotatable bonds is 3. The third kappa shape index (κ3) is 3.93. The SMILES string of the molecule is CC1CN(C(=O)c2ccccc2S(=O)(=O)N2CCOCC2)CC(C)(C)O1. The summed E-state index contributed by atoms with van der Waals surface area (Å²) in [6.45, 7) is 7.96. The van der Waals surface area contributed by atoms with Crippen molar-refractivity contribution in [2.45, 2.75) is 37.4 Å². The van der Waals surface area contributed by atoms with E-state index in [4.69, 9.17) is 9.47 Å². The third-order valence-electron chi connectivity index (χ3n) is 4.56. The molecule has 1 aromatic rings. The highest BCUT2D eigenvalue weighted by atomic mass is 32.2. The fraction of sp³-hybridized carbons (Fsp3) is 0.611. The molecule has 3 rings (SSSR count). The minimum Gasteiger partial charge on any atom is -0.379 e. The molecular weight excluding hydrogens is 356 g/mol. The van der Waals surface area contributed by atoms with Crippen molar-refractivity contribution < 1.29 is 22.7 Å². The number of sulfonamides is 1. The minimum absolute atomic E-state index is 0.0591. The van der Waals surface area contributed by atoms with Gasteiger partial charge in [0.05, 0.1) is 35.4 Å². The number of nitrogens with zero attached hydrogens (tertiary/aromatic N) is 2. The number of carbonyl (C=O) groups is 1. The zero-order valence-electron chi connectivity index (χ0n) is 15.5. The van der Waals surface area contributed by atoms with Crippen molar-refractivity contribution in [3.05, 3.63) is 29.8 Å². The summed E-state index contributed by atoms with van der Waals surface area (Å²) in [5, 5.41) is 0. The van der Waals surface area contributed by atoms with E-state index in [0.29, 0.717) is 39.4 Å². The molecule has 2 fully saturated rings. The highest BCUT2D eigenvalue weighted by Gasteiger charge is 2.36. The fourth-order valence-electron chi connectivity index (χ4n) is 3.57. The second-order valence-corrected chi connectivity index (χ2v) is 9.29. The zero-order valence-corrected chi connectivity index (χ0v) is 16.3. The molecule has 2 saturated heterocycles. The van der Waals surface area contributed by atoms with Gasteiger partial charge in [-0.3, -0.25) is 4.79 Å². The Balaban J connectivity index is 1.93. The van der Waals surface area contributed by atoms with E-state index in [2.05, 4.69) is 0 Å². The Kier molecular flexibility index (Phi) is 5.39. The Morgan fingerprint density at radius 1 is 1.19 bits per heavy atom. The van der Waals surface area contributed by atoms with Gasteiger partial charge in [0.15, 0.2) is 0 Å². The van der Waals surface area contributed by atoms with Crippen LogP contribution < -0.4 is 0 Å². The zero-order chi connectivity index (χ0) is 18.9. The van der Waals surface area contributed by atoms with Gasteiger partial charge in [0.1, 0.15) is 0 Å². The molecule has 0 saturated carbocycles. The van der Waals surface area contributed by atoms with Crippen LogP contribution in [-0.4, -0.2) is 74.6 Å². The normalized spacial score (nSPS) is 24.4. The lowest BCUT2D eigenvalue weighted by Crippen LogP contribution is -2.54. The molecule has 0 aliphatic carbocycles. The second-order valence-electron chi connectivity index (χ2n) is 7.39. The van der Waals surface area contributed by atoms with Gasteiger partial charge in [0.2, 0.25) is 10.0 Å². The Bertz CT molecular complexity index is 772. The van der Waals surface area contributed by atoms with Crippen molar-refractivity contribution in [1.29, 1.82) is 0 Å². The second kappa shape index (κ2) is 7.26. The van der Waals surface area contributed by atoms with E-state index in [1.54, 1.807) is 23.1 Å². The molecule has 1 unspecified atom stereocenters. The summed E-state index contributed by atoms with van der Waals surface area (Å²) in [5.41, 5.74) is -0.255. The van der Waals surface area contributed by atoms with Crippen molar-refractivity contribution in [2.24, 2.45) is 0 Å². The molecule has 8 heteroatoms. The maximum absolute atomic E-state index is 13.1. The van der Waals surface area contributed by atoms with Crippen LogP contribution >= 0.6 is 0 Å². The lowest BCUT2D eigenvalue weighted by molar-refractivity contribution is -0.118. The lowest BCUT2D eigenvalue weighted by atomic mass is 10.0. The predicted octanol–water partition coefficient (Wildman–Crippen LogP) is 1.35. The molecule has 2 heterocycles. The highest BCUT2D eigenvalue weighted by Crippen LogP contribution is 2.26. The molecule has 0 aromatic heterocycles. The van der Waals surface area contributed by atoms with Crippen molar-refractivity contribution >= 4 is 15.9 Å². The Hall–Kier alpha value is -1.48. The van der Waals surface area contributed by atoms with Crippen molar-refractivity contribution in [1.82, 2.24) is 9.21 Å². The van der Waals surface area contributed by atoms with Crippen LogP contribution in [0.1, 0.15) is 31.1 Å². The number of morpholine rings is 2. The van der Waals surface area contributed by atoms with Crippen LogP contribution in [0, 0.1) is 0 Å². The quantitative estimate of drug-likeness (QED) is 0.789. The number of amides is 1. The maximum atomic E-state index is 13.1. The Morgan fingerprint density at radius 3 is 2.50 bits per heavy atom. The molecule has 2 aliphatic heterocycles. The molecular formula is C18H26N2O5S. The Labute approximate surface area is 154 Å². The van der Waals surface area contributed by atoms with Crippen LogP contribution in [-0.2, 0) is 19.5 Å². The van der Waals surface area contributed by atoms with E-state index >= 15 is 0 Å². The average Bonchev–Trinajstić information content (AvgIpc) is 2.60. The van der Waals surface area contributed by atoms with Crippen LogP contribution in [0.25, 0.3) is 0 Å². The molecule has 26 heavy (non-hydrogen) atoms. The van der Waals surface area contributed by atoms with Crippen LogP contribution in [0.5, 0.6) is 0 Å².